The van der Waals surface area contributed by atoms with E-state index in [1.54, 1.807) is 0 Å². The zero-order valence-corrected chi connectivity index (χ0v) is 12.2. The van der Waals surface area contributed by atoms with Crippen LogP contribution in [0.5, 0.6) is 0 Å². The Morgan fingerprint density at radius 3 is 2.28 bits per heavy atom. The SMILES string of the molecule is Cc1ccc([S@](=O)N[C@H](CC=O)C(C)(C)C)cc1. The van der Waals surface area contributed by atoms with Crippen molar-refractivity contribution in [3.8, 4) is 0 Å². The summed E-state index contributed by atoms with van der Waals surface area (Å²) in [6.45, 7) is 8.08. The second-order valence-electron chi connectivity index (χ2n) is 5.52. The molecule has 1 aromatic rings. The molecule has 0 aliphatic carbocycles. The molecule has 0 aliphatic heterocycles. The third-order valence-electron chi connectivity index (χ3n) is 2.86. The van der Waals surface area contributed by atoms with E-state index in [9.17, 15) is 9.00 Å². The van der Waals surface area contributed by atoms with E-state index in [2.05, 4.69) is 4.72 Å². The fourth-order valence-corrected chi connectivity index (χ4v) is 2.76. The van der Waals surface area contributed by atoms with Gasteiger partial charge >= 0.3 is 0 Å². The molecule has 2 atom stereocenters. The van der Waals surface area contributed by atoms with E-state index in [0.29, 0.717) is 6.42 Å². The van der Waals surface area contributed by atoms with Gasteiger partial charge in [0, 0.05) is 12.5 Å². The summed E-state index contributed by atoms with van der Waals surface area (Å²) < 4.78 is 15.2. The Morgan fingerprint density at radius 1 is 1.28 bits per heavy atom. The molecule has 1 rings (SSSR count). The zero-order valence-electron chi connectivity index (χ0n) is 11.4. The van der Waals surface area contributed by atoms with Crippen molar-refractivity contribution >= 4 is 17.3 Å². The number of aryl methyl sites for hydroxylation is 1. The Hall–Kier alpha value is -1.00. The molecule has 18 heavy (non-hydrogen) atoms. The van der Waals surface area contributed by atoms with Crippen LogP contribution in [-0.2, 0) is 15.8 Å². The lowest BCUT2D eigenvalue weighted by atomic mass is 9.86. The summed E-state index contributed by atoms with van der Waals surface area (Å²) >= 11 is 0. The van der Waals surface area contributed by atoms with Crippen LogP contribution in [0.2, 0.25) is 0 Å². The van der Waals surface area contributed by atoms with E-state index < -0.39 is 11.0 Å². The van der Waals surface area contributed by atoms with Crippen LogP contribution in [0, 0.1) is 12.3 Å². The molecule has 0 fully saturated rings. The molecule has 0 unspecified atom stereocenters. The van der Waals surface area contributed by atoms with E-state index in [-0.39, 0.29) is 11.5 Å². The van der Waals surface area contributed by atoms with Crippen LogP contribution in [0.4, 0.5) is 0 Å². The van der Waals surface area contributed by atoms with Gasteiger partial charge < -0.3 is 4.79 Å². The molecule has 1 N–H and O–H groups in total. The second-order valence-corrected chi connectivity index (χ2v) is 6.77. The number of carbonyl (C=O) groups is 1. The van der Waals surface area contributed by atoms with Gasteiger partial charge in [-0.15, -0.1) is 0 Å². The van der Waals surface area contributed by atoms with Crippen LogP contribution in [0.3, 0.4) is 0 Å². The number of aldehydes is 1. The largest absolute Gasteiger partial charge is 0.303 e. The van der Waals surface area contributed by atoms with Gasteiger partial charge in [0.05, 0.1) is 4.90 Å². The van der Waals surface area contributed by atoms with Gasteiger partial charge in [0.15, 0.2) is 0 Å². The average molecular weight is 267 g/mol. The average Bonchev–Trinajstić information content (AvgIpc) is 2.28. The summed E-state index contributed by atoms with van der Waals surface area (Å²) in [5, 5.41) is 0. The standard InChI is InChI=1S/C14H21NO2S/c1-11-5-7-12(8-6-11)18(17)15-13(9-10-16)14(2,3)4/h5-8,10,13,15H,9H2,1-4H3/t13-,18+/m1/s1. The molecule has 100 valence electrons. The number of hydrogen-bond acceptors (Lipinski definition) is 2. The minimum Gasteiger partial charge on any atom is -0.303 e. The highest BCUT2D eigenvalue weighted by Gasteiger charge is 2.25. The van der Waals surface area contributed by atoms with Crippen molar-refractivity contribution in [1.82, 2.24) is 4.72 Å². The molecule has 0 radical (unpaired) electrons. The Bertz CT molecular complexity index is 420. The van der Waals surface area contributed by atoms with Crippen molar-refractivity contribution < 1.29 is 9.00 Å². The first-order valence-corrected chi connectivity index (χ1v) is 7.18. The van der Waals surface area contributed by atoms with Crippen molar-refractivity contribution in [1.29, 1.82) is 0 Å². The first-order valence-electron chi connectivity index (χ1n) is 6.03. The number of benzene rings is 1. The van der Waals surface area contributed by atoms with Crippen LogP contribution in [0.25, 0.3) is 0 Å². The summed E-state index contributed by atoms with van der Waals surface area (Å²) in [4.78, 5) is 11.4. The highest BCUT2D eigenvalue weighted by Crippen LogP contribution is 2.22. The number of rotatable bonds is 5. The van der Waals surface area contributed by atoms with E-state index >= 15 is 0 Å². The fourth-order valence-electron chi connectivity index (χ4n) is 1.53. The normalized spacial score (nSPS) is 15.1. The maximum Gasteiger partial charge on any atom is 0.125 e. The minimum absolute atomic E-state index is 0.0999. The van der Waals surface area contributed by atoms with Crippen molar-refractivity contribution in [2.45, 2.75) is 45.1 Å². The third kappa shape index (κ3) is 4.35. The molecular formula is C14H21NO2S. The highest BCUT2D eigenvalue weighted by atomic mass is 32.2. The van der Waals surface area contributed by atoms with E-state index in [1.165, 1.54) is 0 Å². The summed E-state index contributed by atoms with van der Waals surface area (Å²) in [5.41, 5.74) is 1.03. The molecule has 0 heterocycles. The Morgan fingerprint density at radius 2 is 1.83 bits per heavy atom. The van der Waals surface area contributed by atoms with Crippen LogP contribution in [0.1, 0.15) is 32.8 Å². The van der Waals surface area contributed by atoms with E-state index in [4.69, 9.17) is 0 Å². The van der Waals surface area contributed by atoms with Crippen molar-refractivity contribution in [2.24, 2.45) is 5.41 Å². The molecule has 1 aromatic carbocycles. The van der Waals surface area contributed by atoms with E-state index in [0.717, 1.165) is 16.7 Å². The molecule has 0 saturated carbocycles. The second kappa shape index (κ2) is 6.25. The number of carbonyl (C=O) groups excluding carboxylic acids is 1. The Kier molecular flexibility index (Phi) is 5.23. The first kappa shape index (κ1) is 15.1. The van der Waals surface area contributed by atoms with Gasteiger partial charge in [0.25, 0.3) is 0 Å². The first-order chi connectivity index (χ1) is 8.34. The molecule has 0 saturated heterocycles. The van der Waals surface area contributed by atoms with Gasteiger partial charge in [-0.3, -0.25) is 0 Å². The lowest BCUT2D eigenvalue weighted by Crippen LogP contribution is -2.41. The van der Waals surface area contributed by atoms with Gasteiger partial charge in [-0.1, -0.05) is 38.5 Å². The molecule has 0 amide bonds. The van der Waals surface area contributed by atoms with Crippen LogP contribution in [-0.4, -0.2) is 16.5 Å². The summed E-state index contributed by atoms with van der Waals surface area (Å²) in [7, 11) is -1.28. The minimum atomic E-state index is -1.28. The predicted octanol–water partition coefficient (Wildman–Crippen LogP) is 2.61. The Labute approximate surface area is 112 Å². The lowest BCUT2D eigenvalue weighted by Gasteiger charge is -2.29. The topological polar surface area (TPSA) is 46.2 Å². The van der Waals surface area contributed by atoms with Crippen molar-refractivity contribution in [2.75, 3.05) is 0 Å². The quantitative estimate of drug-likeness (QED) is 0.834. The van der Waals surface area contributed by atoms with Crippen LogP contribution < -0.4 is 4.72 Å². The molecule has 0 aliphatic rings. The van der Waals surface area contributed by atoms with E-state index in [1.807, 2.05) is 52.0 Å². The van der Waals surface area contributed by atoms with Gasteiger partial charge in [-0.05, 0) is 24.5 Å². The predicted molar refractivity (Wildman–Crippen MR) is 74.6 cm³/mol. The summed E-state index contributed by atoms with van der Waals surface area (Å²) in [5.74, 6) is 0. The number of nitrogens with one attached hydrogen (secondary N) is 1. The fraction of sp³-hybridized carbons (Fsp3) is 0.500. The van der Waals surface area contributed by atoms with Crippen molar-refractivity contribution in [3.05, 3.63) is 29.8 Å². The highest BCUT2D eigenvalue weighted by molar-refractivity contribution is 7.83. The maximum atomic E-state index is 12.2. The van der Waals surface area contributed by atoms with Crippen LogP contribution in [0.15, 0.2) is 29.2 Å². The smallest absolute Gasteiger partial charge is 0.125 e. The van der Waals surface area contributed by atoms with Crippen LogP contribution >= 0.6 is 0 Å². The molecule has 4 heteroatoms. The van der Waals surface area contributed by atoms with Gasteiger partial charge in [0.1, 0.15) is 17.3 Å². The summed E-state index contributed by atoms with van der Waals surface area (Å²) in [6.07, 6.45) is 1.23. The monoisotopic (exact) mass is 267 g/mol. The Balaban J connectivity index is 2.78. The zero-order chi connectivity index (χ0) is 13.8. The van der Waals surface area contributed by atoms with Gasteiger partial charge in [-0.25, -0.2) is 8.93 Å². The van der Waals surface area contributed by atoms with Gasteiger partial charge in [0.2, 0.25) is 0 Å². The van der Waals surface area contributed by atoms with Gasteiger partial charge in [-0.2, -0.15) is 0 Å². The molecule has 0 aromatic heterocycles. The number of hydrogen-bond donors (Lipinski definition) is 1. The molecular weight excluding hydrogens is 246 g/mol. The van der Waals surface area contributed by atoms with Crippen molar-refractivity contribution in [3.63, 3.8) is 0 Å². The summed E-state index contributed by atoms with van der Waals surface area (Å²) in [6, 6.07) is 7.46. The lowest BCUT2D eigenvalue weighted by molar-refractivity contribution is -0.108. The third-order valence-corrected chi connectivity index (χ3v) is 4.06. The maximum absolute atomic E-state index is 12.2. The molecule has 3 nitrogen and oxygen atoms in total. The molecule has 0 bridgehead atoms. The molecule has 0 spiro atoms.